The molecule has 0 amide bonds. The second kappa shape index (κ2) is 7.55. The summed E-state index contributed by atoms with van der Waals surface area (Å²) in [6.45, 7) is 5.22. The van der Waals surface area contributed by atoms with Gasteiger partial charge in [-0.05, 0) is 79.7 Å². The van der Waals surface area contributed by atoms with Crippen molar-refractivity contribution in [1.29, 1.82) is 0 Å². The molecule has 3 nitrogen and oxygen atoms in total. The fourth-order valence-electron chi connectivity index (χ4n) is 7.33. The lowest BCUT2D eigenvalue weighted by atomic mass is 9.51. The van der Waals surface area contributed by atoms with E-state index in [-0.39, 0.29) is 5.41 Å². The Morgan fingerprint density at radius 1 is 1.13 bits per heavy atom. The Bertz CT molecular complexity index is 940. The van der Waals surface area contributed by atoms with Gasteiger partial charge in [0.25, 0.3) is 0 Å². The largest absolute Gasteiger partial charge is 0.501 e. The molecule has 0 bridgehead atoms. The summed E-state index contributed by atoms with van der Waals surface area (Å²) in [4.78, 5) is 2.16. The summed E-state index contributed by atoms with van der Waals surface area (Å²) < 4.78 is 5.72. The predicted molar refractivity (Wildman–Crippen MR) is 127 cm³/mol. The molecule has 1 aromatic rings. The Balaban J connectivity index is 1.65. The van der Waals surface area contributed by atoms with Crippen molar-refractivity contribution in [1.82, 2.24) is 0 Å². The minimum absolute atomic E-state index is 0.0918. The molecule has 1 aromatic carbocycles. The zero-order valence-corrected chi connectivity index (χ0v) is 19.5. The average molecular weight is 420 g/mol. The van der Waals surface area contributed by atoms with Gasteiger partial charge in [-0.2, -0.15) is 0 Å². The van der Waals surface area contributed by atoms with Gasteiger partial charge >= 0.3 is 0 Å². The van der Waals surface area contributed by atoms with E-state index >= 15 is 0 Å². The first-order valence-electron chi connectivity index (χ1n) is 12.1. The van der Waals surface area contributed by atoms with Crippen LogP contribution in [-0.4, -0.2) is 31.4 Å². The third-order valence-corrected chi connectivity index (χ3v) is 8.94. The molecule has 0 radical (unpaired) electrons. The maximum atomic E-state index is 11.8. The van der Waals surface area contributed by atoms with E-state index in [0.29, 0.717) is 17.8 Å². The number of anilines is 1. The Hall–Kier alpha value is -2.00. The summed E-state index contributed by atoms with van der Waals surface area (Å²) in [7, 11) is 4.19. The molecule has 1 aliphatic heterocycles. The van der Waals surface area contributed by atoms with Crippen molar-refractivity contribution in [3.05, 3.63) is 65.0 Å². The standard InChI is InChI=1S/C28H37NO2/c1-5-14-28(30)15-12-25-23-11-8-20-18-31-16-13-22(20)26(23)24(17-27(25,28)2)19-6-9-21(10-7-19)29(3)4/h5-7,9-10,14,18,23-25,30H,8,11-13,15-17H2,1-4H3/b14-5-/t23?,24-,25?,27+,28+/m1/s1. The highest BCUT2D eigenvalue weighted by Gasteiger charge is 2.61. The van der Waals surface area contributed by atoms with E-state index in [1.54, 1.807) is 11.1 Å². The van der Waals surface area contributed by atoms with Crippen LogP contribution in [0, 0.1) is 17.3 Å². The van der Waals surface area contributed by atoms with Crippen LogP contribution >= 0.6 is 0 Å². The lowest BCUT2D eigenvalue weighted by molar-refractivity contribution is -0.0584. The van der Waals surface area contributed by atoms with Crippen LogP contribution in [0.1, 0.15) is 63.9 Å². The van der Waals surface area contributed by atoms with Crippen LogP contribution in [0.2, 0.25) is 0 Å². The maximum absolute atomic E-state index is 11.8. The monoisotopic (exact) mass is 419 g/mol. The van der Waals surface area contributed by atoms with Crippen LogP contribution in [0.3, 0.4) is 0 Å². The quantitative estimate of drug-likeness (QED) is 0.612. The number of aliphatic hydroxyl groups is 1. The number of hydrogen-bond acceptors (Lipinski definition) is 3. The van der Waals surface area contributed by atoms with Gasteiger partial charge < -0.3 is 14.7 Å². The van der Waals surface area contributed by atoms with E-state index in [0.717, 1.165) is 38.7 Å². The van der Waals surface area contributed by atoms with Gasteiger partial charge in [-0.3, -0.25) is 0 Å². The topological polar surface area (TPSA) is 32.7 Å². The summed E-state index contributed by atoms with van der Waals surface area (Å²) in [6, 6.07) is 9.16. The Labute approximate surface area is 187 Å². The molecule has 0 saturated heterocycles. The summed E-state index contributed by atoms with van der Waals surface area (Å²) in [5.74, 6) is 1.49. The van der Waals surface area contributed by atoms with Crippen molar-refractivity contribution in [2.45, 2.75) is 63.9 Å². The zero-order chi connectivity index (χ0) is 21.8. The fourth-order valence-corrected chi connectivity index (χ4v) is 7.33. The molecule has 2 saturated carbocycles. The zero-order valence-electron chi connectivity index (χ0n) is 19.5. The lowest BCUT2D eigenvalue weighted by Gasteiger charge is -2.54. The first kappa shape index (κ1) is 20.9. The van der Waals surface area contributed by atoms with Gasteiger partial charge in [-0.15, -0.1) is 0 Å². The van der Waals surface area contributed by atoms with Crippen molar-refractivity contribution in [3.63, 3.8) is 0 Å². The van der Waals surface area contributed by atoms with Gasteiger partial charge in [-0.25, -0.2) is 0 Å². The van der Waals surface area contributed by atoms with Gasteiger partial charge in [0.15, 0.2) is 0 Å². The van der Waals surface area contributed by atoms with Crippen molar-refractivity contribution in [2.75, 3.05) is 25.6 Å². The van der Waals surface area contributed by atoms with Crippen molar-refractivity contribution in [2.24, 2.45) is 17.3 Å². The molecule has 4 aliphatic rings. The highest BCUT2D eigenvalue weighted by atomic mass is 16.5. The molecule has 1 N–H and O–H groups in total. The summed E-state index contributed by atoms with van der Waals surface area (Å²) in [5, 5.41) is 11.8. The third kappa shape index (κ3) is 3.11. The molecular formula is C28H37NO2. The Kier molecular flexibility index (Phi) is 5.08. The van der Waals surface area contributed by atoms with Gasteiger partial charge in [0, 0.05) is 37.5 Å². The minimum Gasteiger partial charge on any atom is -0.501 e. The molecule has 2 unspecified atom stereocenters. The maximum Gasteiger partial charge on any atom is 0.0913 e. The molecule has 1 heterocycles. The van der Waals surface area contributed by atoms with Crippen LogP contribution < -0.4 is 4.90 Å². The van der Waals surface area contributed by atoms with Crippen molar-refractivity contribution in [3.8, 4) is 0 Å². The molecule has 5 atom stereocenters. The molecule has 3 aliphatic carbocycles. The number of fused-ring (bicyclic) bond motifs is 4. The summed E-state index contributed by atoms with van der Waals surface area (Å²) in [5.41, 5.74) is 6.53. The SMILES string of the molecule is C/C=C\[C@]1(O)CCC2C3CCC4=COCCC4=C3[C@@H](c3ccc(N(C)C)cc3)C[C@@]21C. The van der Waals surface area contributed by atoms with Crippen LogP contribution in [-0.2, 0) is 4.74 Å². The van der Waals surface area contributed by atoms with Crippen LogP contribution in [0.4, 0.5) is 5.69 Å². The van der Waals surface area contributed by atoms with Crippen LogP contribution in [0.25, 0.3) is 0 Å². The van der Waals surface area contributed by atoms with Crippen molar-refractivity contribution < 1.29 is 9.84 Å². The second-order valence-corrected chi connectivity index (χ2v) is 10.6. The Morgan fingerprint density at radius 2 is 1.90 bits per heavy atom. The third-order valence-electron chi connectivity index (χ3n) is 8.94. The predicted octanol–water partition coefficient (Wildman–Crippen LogP) is 5.97. The first-order valence-corrected chi connectivity index (χ1v) is 12.1. The number of rotatable bonds is 3. The molecule has 2 fully saturated rings. The lowest BCUT2D eigenvalue weighted by Crippen LogP contribution is -2.50. The van der Waals surface area contributed by atoms with Crippen molar-refractivity contribution >= 4 is 5.69 Å². The van der Waals surface area contributed by atoms with Gasteiger partial charge in [0.1, 0.15) is 0 Å². The Morgan fingerprint density at radius 3 is 2.61 bits per heavy atom. The normalized spacial score (nSPS) is 37.1. The molecule has 0 aromatic heterocycles. The molecule has 31 heavy (non-hydrogen) atoms. The second-order valence-electron chi connectivity index (χ2n) is 10.6. The van der Waals surface area contributed by atoms with Crippen LogP contribution in [0.15, 0.2) is 59.4 Å². The van der Waals surface area contributed by atoms with E-state index in [9.17, 15) is 5.11 Å². The number of allylic oxidation sites excluding steroid dienone is 3. The van der Waals surface area contributed by atoms with Gasteiger partial charge in [0.2, 0.25) is 0 Å². The van der Waals surface area contributed by atoms with E-state index < -0.39 is 5.60 Å². The van der Waals surface area contributed by atoms with E-state index in [2.05, 4.69) is 62.3 Å². The highest BCUT2D eigenvalue weighted by molar-refractivity contribution is 5.51. The highest BCUT2D eigenvalue weighted by Crippen LogP contribution is 2.66. The first-order chi connectivity index (χ1) is 14.9. The molecular weight excluding hydrogens is 382 g/mol. The summed E-state index contributed by atoms with van der Waals surface area (Å²) in [6.07, 6.45) is 12.6. The van der Waals surface area contributed by atoms with E-state index in [1.165, 1.54) is 23.2 Å². The fraction of sp³-hybridized carbons (Fsp3) is 0.571. The number of hydrogen-bond donors (Lipinski definition) is 1. The molecule has 166 valence electrons. The van der Waals surface area contributed by atoms with Gasteiger partial charge in [0.05, 0.1) is 18.5 Å². The number of ether oxygens (including phenoxy) is 1. The summed E-state index contributed by atoms with van der Waals surface area (Å²) >= 11 is 0. The van der Waals surface area contributed by atoms with Crippen LogP contribution in [0.5, 0.6) is 0 Å². The van der Waals surface area contributed by atoms with E-state index in [4.69, 9.17) is 4.74 Å². The van der Waals surface area contributed by atoms with E-state index in [1.807, 2.05) is 13.2 Å². The smallest absolute Gasteiger partial charge is 0.0913 e. The molecule has 0 spiro atoms. The average Bonchev–Trinajstić information content (AvgIpc) is 3.03. The number of benzene rings is 1. The molecule has 3 heteroatoms. The van der Waals surface area contributed by atoms with Gasteiger partial charge in [-0.1, -0.05) is 36.8 Å². The molecule has 5 rings (SSSR count). The number of nitrogens with zero attached hydrogens (tertiary/aromatic N) is 1. The minimum atomic E-state index is -0.698.